The van der Waals surface area contributed by atoms with Gasteiger partial charge in [-0.1, -0.05) is 25.0 Å². The van der Waals surface area contributed by atoms with Crippen molar-refractivity contribution in [3.05, 3.63) is 66.1 Å². The van der Waals surface area contributed by atoms with Gasteiger partial charge in [-0.05, 0) is 68.7 Å². The number of halogens is 1. The summed E-state index contributed by atoms with van der Waals surface area (Å²) in [7, 11) is 0. The summed E-state index contributed by atoms with van der Waals surface area (Å²) in [6, 6.07) is 13.8. The highest BCUT2D eigenvalue weighted by atomic mass is 19.1. The van der Waals surface area contributed by atoms with Crippen molar-refractivity contribution in [3.8, 4) is 5.75 Å². The lowest BCUT2D eigenvalue weighted by molar-refractivity contribution is -0.121. The number of nitrogens with zero attached hydrogens (tertiary/aromatic N) is 1. The topological polar surface area (TPSA) is 51.2 Å². The van der Waals surface area contributed by atoms with E-state index < -0.39 is 5.41 Å². The second-order valence-corrected chi connectivity index (χ2v) is 7.93. The number of anilines is 1. The van der Waals surface area contributed by atoms with Crippen molar-refractivity contribution in [1.29, 1.82) is 0 Å². The average Bonchev–Trinajstić information content (AvgIpc) is 3.21. The van der Waals surface area contributed by atoms with Crippen molar-refractivity contribution >= 4 is 22.5 Å². The zero-order valence-corrected chi connectivity index (χ0v) is 16.7. The Labute approximate surface area is 170 Å². The number of carbonyl (C=O) groups is 1. The lowest BCUT2D eigenvalue weighted by Gasteiger charge is -2.28. The predicted octanol–water partition coefficient (Wildman–Crippen LogP) is 5.61. The molecule has 1 amide bonds. The van der Waals surface area contributed by atoms with E-state index in [1.54, 1.807) is 18.3 Å². The zero-order valence-electron chi connectivity index (χ0n) is 16.7. The van der Waals surface area contributed by atoms with Gasteiger partial charge in [0.05, 0.1) is 17.2 Å². The Hall–Kier alpha value is -2.95. The van der Waals surface area contributed by atoms with E-state index in [0.717, 1.165) is 42.1 Å². The largest absolute Gasteiger partial charge is 0.489 e. The molecule has 1 heterocycles. The molecule has 0 unspecified atom stereocenters. The van der Waals surface area contributed by atoms with E-state index in [0.29, 0.717) is 11.4 Å². The van der Waals surface area contributed by atoms with Crippen LogP contribution < -0.4 is 10.1 Å². The van der Waals surface area contributed by atoms with Crippen LogP contribution in [0, 0.1) is 5.82 Å². The lowest BCUT2D eigenvalue weighted by Crippen LogP contribution is -2.38. The lowest BCUT2D eigenvalue weighted by atomic mass is 9.78. The second kappa shape index (κ2) is 7.82. The molecule has 0 aliphatic heterocycles. The summed E-state index contributed by atoms with van der Waals surface area (Å²) in [5.41, 5.74) is 1.68. The molecule has 0 saturated heterocycles. The van der Waals surface area contributed by atoms with E-state index in [9.17, 15) is 9.18 Å². The Morgan fingerprint density at radius 1 is 1.10 bits per heavy atom. The van der Waals surface area contributed by atoms with E-state index in [4.69, 9.17) is 4.74 Å². The molecule has 0 atom stereocenters. The minimum absolute atomic E-state index is 0.0286. The molecule has 1 fully saturated rings. The molecule has 5 heteroatoms. The van der Waals surface area contributed by atoms with Gasteiger partial charge in [-0.3, -0.25) is 9.78 Å². The first-order valence-corrected chi connectivity index (χ1v) is 10.1. The van der Waals surface area contributed by atoms with Crippen LogP contribution in [0.4, 0.5) is 10.1 Å². The van der Waals surface area contributed by atoms with Crippen LogP contribution in [0.1, 0.15) is 45.1 Å². The van der Waals surface area contributed by atoms with Crippen molar-refractivity contribution in [2.24, 2.45) is 0 Å². The Bertz CT molecular complexity index is 1020. The molecule has 4 nitrogen and oxygen atoms in total. The Morgan fingerprint density at radius 2 is 1.83 bits per heavy atom. The summed E-state index contributed by atoms with van der Waals surface area (Å²) < 4.78 is 19.3. The van der Waals surface area contributed by atoms with E-state index in [2.05, 4.69) is 10.3 Å². The summed E-state index contributed by atoms with van der Waals surface area (Å²) in [6.07, 6.45) is 5.23. The molecule has 0 radical (unpaired) electrons. The van der Waals surface area contributed by atoms with Crippen LogP contribution >= 0.6 is 0 Å². The number of hydrogen-bond acceptors (Lipinski definition) is 3. The molecular formula is C24H25FN2O2. The number of rotatable bonds is 5. The average molecular weight is 392 g/mol. The number of amides is 1. The fourth-order valence-corrected chi connectivity index (χ4v) is 4.24. The van der Waals surface area contributed by atoms with Gasteiger partial charge < -0.3 is 10.1 Å². The number of benzene rings is 2. The Morgan fingerprint density at radius 3 is 2.52 bits per heavy atom. The first-order chi connectivity index (χ1) is 14.0. The van der Waals surface area contributed by atoms with Crippen LogP contribution in [0.2, 0.25) is 0 Å². The van der Waals surface area contributed by atoms with Gasteiger partial charge in [0.25, 0.3) is 0 Å². The van der Waals surface area contributed by atoms with Gasteiger partial charge in [-0.2, -0.15) is 0 Å². The maximum absolute atomic E-state index is 13.5. The first kappa shape index (κ1) is 19.4. The smallest absolute Gasteiger partial charge is 0.235 e. The zero-order chi connectivity index (χ0) is 20.4. The van der Waals surface area contributed by atoms with Crippen molar-refractivity contribution < 1.29 is 13.9 Å². The number of fused-ring (bicyclic) bond motifs is 1. The molecule has 0 bridgehead atoms. The summed E-state index contributed by atoms with van der Waals surface area (Å²) >= 11 is 0. The maximum atomic E-state index is 13.5. The van der Waals surface area contributed by atoms with E-state index in [1.165, 1.54) is 12.1 Å². The summed E-state index contributed by atoms with van der Waals surface area (Å²) in [5.74, 6) is 0.354. The summed E-state index contributed by atoms with van der Waals surface area (Å²) in [4.78, 5) is 17.9. The van der Waals surface area contributed by atoms with Gasteiger partial charge in [0, 0.05) is 11.6 Å². The minimum atomic E-state index is -0.630. The molecule has 3 aromatic rings. The molecule has 0 spiro atoms. The summed E-state index contributed by atoms with van der Waals surface area (Å²) in [6.45, 7) is 3.94. The quantitative estimate of drug-likeness (QED) is 0.614. The third-order valence-corrected chi connectivity index (χ3v) is 5.63. The third kappa shape index (κ3) is 3.69. The van der Waals surface area contributed by atoms with Crippen LogP contribution in [0.25, 0.3) is 10.9 Å². The predicted molar refractivity (Wildman–Crippen MR) is 113 cm³/mol. The molecule has 1 N–H and O–H groups in total. The highest BCUT2D eigenvalue weighted by Gasteiger charge is 2.42. The van der Waals surface area contributed by atoms with Crippen LogP contribution in [0.3, 0.4) is 0 Å². The molecule has 150 valence electrons. The number of ether oxygens (including phenoxy) is 1. The van der Waals surface area contributed by atoms with Gasteiger partial charge in [-0.25, -0.2) is 4.39 Å². The molecule has 1 aromatic heterocycles. The van der Waals surface area contributed by atoms with Gasteiger partial charge in [-0.15, -0.1) is 0 Å². The monoisotopic (exact) mass is 392 g/mol. The number of pyridine rings is 1. The number of nitrogens with one attached hydrogen (secondary N) is 1. The van der Waals surface area contributed by atoms with E-state index >= 15 is 0 Å². The number of hydrogen-bond donors (Lipinski definition) is 1. The van der Waals surface area contributed by atoms with Crippen LogP contribution in [-0.4, -0.2) is 17.0 Å². The second-order valence-electron chi connectivity index (χ2n) is 7.93. The van der Waals surface area contributed by atoms with Crippen molar-refractivity contribution in [3.63, 3.8) is 0 Å². The number of aromatic nitrogens is 1. The maximum Gasteiger partial charge on any atom is 0.235 e. The van der Waals surface area contributed by atoms with Crippen molar-refractivity contribution in [2.75, 3.05) is 5.32 Å². The van der Waals surface area contributed by atoms with Crippen LogP contribution in [-0.2, 0) is 10.2 Å². The highest BCUT2D eigenvalue weighted by Crippen LogP contribution is 2.42. The Kier molecular flexibility index (Phi) is 5.22. The van der Waals surface area contributed by atoms with Gasteiger partial charge >= 0.3 is 0 Å². The van der Waals surface area contributed by atoms with Gasteiger partial charge in [0.2, 0.25) is 5.91 Å². The Balaban J connectivity index is 1.70. The van der Waals surface area contributed by atoms with Crippen molar-refractivity contribution in [2.45, 2.75) is 51.0 Å². The first-order valence-electron chi connectivity index (χ1n) is 10.1. The van der Waals surface area contributed by atoms with Gasteiger partial charge in [0.15, 0.2) is 0 Å². The standard InChI is InChI=1S/C24H25FN2O2/c1-16(2)29-21-12-11-20(19-6-5-15-26-22(19)21)27-23(28)24(13-3-4-14-24)17-7-9-18(25)10-8-17/h5-12,15-16H,3-4,13-14H2,1-2H3,(H,27,28). The fourth-order valence-electron chi connectivity index (χ4n) is 4.24. The SMILES string of the molecule is CC(C)Oc1ccc(NC(=O)C2(c3ccc(F)cc3)CCCC2)c2cccnc12. The van der Waals surface area contributed by atoms with E-state index in [1.807, 2.05) is 38.1 Å². The molecule has 1 saturated carbocycles. The molecule has 4 rings (SSSR count). The van der Waals surface area contributed by atoms with Crippen LogP contribution in [0.15, 0.2) is 54.7 Å². The molecule has 2 aromatic carbocycles. The third-order valence-electron chi connectivity index (χ3n) is 5.63. The molecule has 29 heavy (non-hydrogen) atoms. The normalized spacial score (nSPS) is 15.6. The van der Waals surface area contributed by atoms with E-state index in [-0.39, 0.29) is 17.8 Å². The molecular weight excluding hydrogens is 367 g/mol. The van der Waals surface area contributed by atoms with Crippen molar-refractivity contribution in [1.82, 2.24) is 4.98 Å². The molecule has 1 aliphatic rings. The minimum Gasteiger partial charge on any atom is -0.489 e. The summed E-state index contributed by atoms with van der Waals surface area (Å²) in [5, 5.41) is 3.97. The van der Waals surface area contributed by atoms with Gasteiger partial charge in [0.1, 0.15) is 17.1 Å². The fraction of sp³-hybridized carbons (Fsp3) is 0.333. The molecule has 1 aliphatic carbocycles. The highest BCUT2D eigenvalue weighted by molar-refractivity contribution is 6.06. The van der Waals surface area contributed by atoms with Crippen LogP contribution in [0.5, 0.6) is 5.75 Å². The number of carbonyl (C=O) groups excluding carboxylic acids is 1.